The molecule has 0 spiro atoms. The van der Waals surface area contributed by atoms with Crippen LogP contribution in [-0.4, -0.2) is 36.4 Å². The van der Waals surface area contributed by atoms with E-state index in [0.717, 1.165) is 39.0 Å². The zero-order chi connectivity index (χ0) is 41.6. The predicted octanol–water partition coefficient (Wildman–Crippen LogP) is 8.70. The van der Waals surface area contributed by atoms with E-state index in [9.17, 15) is 43.2 Å². The van der Waals surface area contributed by atoms with Gasteiger partial charge in [0.2, 0.25) is 20.0 Å². The number of hydrogen-bond donors (Lipinski definition) is 2. The first-order valence-corrected chi connectivity index (χ1v) is 19.9. The van der Waals surface area contributed by atoms with Gasteiger partial charge >= 0.3 is 12.4 Å². The zero-order valence-electron chi connectivity index (χ0n) is 30.5. The molecule has 56 heavy (non-hydrogen) atoms. The molecular formula is C38H38F6N6O4S2. The molecule has 4 aromatic carbocycles. The number of alkyl halides is 6. The third-order valence-corrected chi connectivity index (χ3v) is 9.68. The van der Waals surface area contributed by atoms with Crippen LogP contribution in [0, 0.1) is 6.92 Å². The second-order valence-electron chi connectivity index (χ2n) is 12.4. The van der Waals surface area contributed by atoms with E-state index in [1.54, 1.807) is 36.4 Å². The molecule has 18 heteroatoms. The summed E-state index contributed by atoms with van der Waals surface area (Å²) in [6, 6.07) is 26.3. The molecule has 0 saturated carbocycles. The molecule has 4 N–H and O–H groups in total. The summed E-state index contributed by atoms with van der Waals surface area (Å²) in [5, 5.41) is 17.4. The molecule has 0 aliphatic heterocycles. The highest BCUT2D eigenvalue weighted by atomic mass is 32.2. The van der Waals surface area contributed by atoms with E-state index < -0.39 is 43.8 Å². The standard InChI is InChI=1S/C18H16F3N3O2S.C17H14F3N3O2S.C3H8/c1-2-12-3-5-13(6-4-12)16-11-17(18(19,20)21)23-24(16)14-7-9-15(10-8-14)27(22,25)26;1-11-2-4-12(5-3-11)15-10-16(17(18,19)20)22-23(15)13-6-8-14(9-7-13)26(21,24)25;1-3-2/h3-11H,2H2,1H3,(H2,22,25,26);2-10H,1H3,(H2,21,24,25);3H2,1-2H3. The van der Waals surface area contributed by atoms with E-state index in [1.165, 1.54) is 55.0 Å². The number of nitrogens with zero attached hydrogens (tertiary/aromatic N) is 4. The second-order valence-corrected chi connectivity index (χ2v) is 15.5. The molecule has 0 aliphatic rings. The van der Waals surface area contributed by atoms with Gasteiger partial charge in [0, 0.05) is 11.1 Å². The minimum absolute atomic E-state index is 0.136. The summed E-state index contributed by atoms with van der Waals surface area (Å²) in [5.41, 5.74) is 2.10. The first kappa shape index (κ1) is 43.4. The number of aryl methyl sites for hydroxylation is 2. The van der Waals surface area contributed by atoms with Gasteiger partial charge in [0.15, 0.2) is 11.4 Å². The first-order valence-electron chi connectivity index (χ1n) is 16.8. The van der Waals surface area contributed by atoms with Crippen molar-refractivity contribution >= 4 is 20.0 Å². The van der Waals surface area contributed by atoms with Gasteiger partial charge in [0.05, 0.1) is 32.6 Å². The van der Waals surface area contributed by atoms with Crippen molar-refractivity contribution in [1.29, 1.82) is 0 Å². The number of primary sulfonamides is 2. The van der Waals surface area contributed by atoms with Gasteiger partial charge < -0.3 is 0 Å². The maximum atomic E-state index is 13.2. The Morgan fingerprint density at radius 3 is 1.16 bits per heavy atom. The monoisotopic (exact) mass is 820 g/mol. The van der Waals surface area contributed by atoms with Crippen molar-refractivity contribution in [2.45, 2.75) is 62.7 Å². The minimum atomic E-state index is -4.61. The lowest BCUT2D eigenvalue weighted by Gasteiger charge is -2.09. The van der Waals surface area contributed by atoms with Crippen LogP contribution in [0.25, 0.3) is 33.9 Å². The van der Waals surface area contributed by atoms with Crippen molar-refractivity contribution in [1.82, 2.24) is 19.6 Å². The van der Waals surface area contributed by atoms with E-state index in [0.29, 0.717) is 11.1 Å². The minimum Gasteiger partial charge on any atom is -0.233 e. The Morgan fingerprint density at radius 1 is 0.554 bits per heavy atom. The van der Waals surface area contributed by atoms with Gasteiger partial charge in [-0.3, -0.25) is 0 Å². The van der Waals surface area contributed by atoms with Crippen LogP contribution in [0.4, 0.5) is 26.3 Å². The Kier molecular flexibility index (Phi) is 13.4. The van der Waals surface area contributed by atoms with E-state index >= 15 is 0 Å². The highest BCUT2D eigenvalue weighted by Crippen LogP contribution is 2.35. The summed E-state index contributed by atoms with van der Waals surface area (Å²) in [6.45, 7) is 8.10. The van der Waals surface area contributed by atoms with E-state index in [-0.39, 0.29) is 32.6 Å². The van der Waals surface area contributed by atoms with Gasteiger partial charge in [0.25, 0.3) is 0 Å². The quantitative estimate of drug-likeness (QED) is 0.154. The lowest BCUT2D eigenvalue weighted by molar-refractivity contribution is -0.142. The normalized spacial score (nSPS) is 12.0. The average molecular weight is 821 g/mol. The van der Waals surface area contributed by atoms with Gasteiger partial charge in [0.1, 0.15) is 0 Å². The highest BCUT2D eigenvalue weighted by molar-refractivity contribution is 7.89. The molecule has 298 valence electrons. The van der Waals surface area contributed by atoms with Gasteiger partial charge in [-0.1, -0.05) is 81.3 Å². The molecule has 0 unspecified atom stereocenters. The van der Waals surface area contributed by atoms with Crippen LogP contribution in [0.2, 0.25) is 0 Å². The number of nitrogens with two attached hydrogens (primary N) is 2. The summed E-state index contributed by atoms with van der Waals surface area (Å²) < 4.78 is 127. The molecule has 6 aromatic rings. The van der Waals surface area contributed by atoms with Gasteiger partial charge in [-0.25, -0.2) is 36.5 Å². The van der Waals surface area contributed by atoms with Crippen LogP contribution in [0.15, 0.2) is 119 Å². The van der Waals surface area contributed by atoms with Crippen molar-refractivity contribution in [2.24, 2.45) is 10.3 Å². The summed E-state index contributed by atoms with van der Waals surface area (Å²) in [4.78, 5) is -0.273. The van der Waals surface area contributed by atoms with Gasteiger partial charge in [-0.15, -0.1) is 0 Å². The molecule has 0 saturated heterocycles. The fourth-order valence-electron chi connectivity index (χ4n) is 5.03. The number of sulfonamides is 2. The SMILES string of the molecule is CCC.CCc1ccc(-c2cc(C(F)(F)F)nn2-c2ccc(S(N)(=O)=O)cc2)cc1.Cc1ccc(-c2cc(C(F)(F)F)nn2-c2ccc(S(N)(=O)=O)cc2)cc1. The van der Waals surface area contributed by atoms with Crippen LogP contribution in [-0.2, 0) is 38.8 Å². The number of aromatic nitrogens is 4. The Labute approximate surface area is 320 Å². The fraction of sp³-hybridized carbons (Fsp3) is 0.211. The Bertz CT molecular complexity index is 2460. The molecule has 0 radical (unpaired) electrons. The predicted molar refractivity (Wildman–Crippen MR) is 201 cm³/mol. The van der Waals surface area contributed by atoms with Gasteiger partial charge in [-0.05, 0) is 79.6 Å². The van der Waals surface area contributed by atoms with Crippen LogP contribution in [0.3, 0.4) is 0 Å². The lowest BCUT2D eigenvalue weighted by Crippen LogP contribution is -2.12. The molecular weight excluding hydrogens is 783 g/mol. The van der Waals surface area contributed by atoms with Crippen molar-refractivity contribution < 1.29 is 43.2 Å². The zero-order valence-corrected chi connectivity index (χ0v) is 32.1. The Morgan fingerprint density at radius 2 is 0.875 bits per heavy atom. The van der Waals surface area contributed by atoms with E-state index in [2.05, 4.69) is 24.0 Å². The highest BCUT2D eigenvalue weighted by Gasteiger charge is 2.36. The number of benzene rings is 4. The van der Waals surface area contributed by atoms with Crippen LogP contribution in [0.5, 0.6) is 0 Å². The fourth-order valence-corrected chi connectivity index (χ4v) is 6.06. The molecule has 6 rings (SSSR count). The third-order valence-electron chi connectivity index (χ3n) is 7.82. The number of rotatable bonds is 7. The van der Waals surface area contributed by atoms with Crippen LogP contribution in [0.1, 0.15) is 49.7 Å². The average Bonchev–Trinajstić information content (AvgIpc) is 3.79. The summed E-state index contributed by atoms with van der Waals surface area (Å²) in [7, 11) is -7.80. The third kappa shape index (κ3) is 10.9. The Hall–Kier alpha value is -5.30. The largest absolute Gasteiger partial charge is 0.435 e. The van der Waals surface area contributed by atoms with Crippen LogP contribution >= 0.6 is 0 Å². The van der Waals surface area contributed by atoms with E-state index in [4.69, 9.17) is 10.3 Å². The number of halogens is 6. The lowest BCUT2D eigenvalue weighted by atomic mass is 10.1. The van der Waals surface area contributed by atoms with Crippen molar-refractivity contribution in [2.75, 3.05) is 0 Å². The maximum Gasteiger partial charge on any atom is 0.435 e. The van der Waals surface area contributed by atoms with Gasteiger partial charge in [-0.2, -0.15) is 36.5 Å². The Balaban J connectivity index is 0.000000233. The maximum absolute atomic E-state index is 13.2. The molecule has 0 amide bonds. The van der Waals surface area contributed by atoms with Crippen molar-refractivity contribution in [3.63, 3.8) is 0 Å². The topological polar surface area (TPSA) is 156 Å². The molecule has 10 nitrogen and oxygen atoms in total. The molecule has 2 aromatic heterocycles. The molecule has 0 fully saturated rings. The molecule has 0 aliphatic carbocycles. The second kappa shape index (κ2) is 17.2. The summed E-state index contributed by atoms with van der Waals surface area (Å²) in [5.74, 6) is 0. The smallest absolute Gasteiger partial charge is 0.233 e. The summed E-state index contributed by atoms with van der Waals surface area (Å²) >= 11 is 0. The summed E-state index contributed by atoms with van der Waals surface area (Å²) in [6.07, 6.45) is -7.16. The molecule has 0 bridgehead atoms. The van der Waals surface area contributed by atoms with E-state index in [1.807, 2.05) is 26.0 Å². The first-order chi connectivity index (χ1) is 26.1. The van der Waals surface area contributed by atoms with Crippen molar-refractivity contribution in [3.05, 3.63) is 132 Å². The molecule has 2 heterocycles. The van der Waals surface area contributed by atoms with Crippen LogP contribution < -0.4 is 10.3 Å². The number of hydrogen-bond acceptors (Lipinski definition) is 6. The molecule has 0 atom stereocenters. The van der Waals surface area contributed by atoms with Crippen molar-refractivity contribution in [3.8, 4) is 33.9 Å².